The largest absolute Gasteiger partial charge is 0.352 e. The lowest BCUT2D eigenvalue weighted by atomic mass is 9.86. The molecular weight excluding hydrogens is 260 g/mol. The van der Waals surface area contributed by atoms with Gasteiger partial charge in [-0.15, -0.1) is 12.4 Å². The fourth-order valence-corrected chi connectivity index (χ4v) is 2.64. The molecule has 1 saturated carbocycles. The molecule has 2 unspecified atom stereocenters. The Morgan fingerprint density at radius 2 is 2.21 bits per heavy atom. The minimum atomic E-state index is 0. The standard InChI is InChI=1S/C15H22N2O.ClH/c1-11-4-2-6-13(8-11)15(18)17-10-12-5-3-7-14(16)9-12;/h2,4,6,8,12,14H,3,5,7,9-10,16H2,1H3,(H,17,18);1H. The molecule has 1 aliphatic carbocycles. The van der Waals surface area contributed by atoms with Crippen molar-refractivity contribution in [1.82, 2.24) is 5.32 Å². The predicted molar refractivity (Wildman–Crippen MR) is 80.7 cm³/mol. The molecule has 0 spiro atoms. The average molecular weight is 283 g/mol. The molecule has 1 aliphatic rings. The summed E-state index contributed by atoms with van der Waals surface area (Å²) in [6.07, 6.45) is 4.53. The molecule has 0 heterocycles. The van der Waals surface area contributed by atoms with E-state index < -0.39 is 0 Å². The van der Waals surface area contributed by atoms with Gasteiger partial charge in [0.1, 0.15) is 0 Å². The molecule has 1 aromatic rings. The lowest BCUT2D eigenvalue weighted by Crippen LogP contribution is -2.35. The number of amides is 1. The smallest absolute Gasteiger partial charge is 0.251 e. The first-order valence-electron chi connectivity index (χ1n) is 6.75. The van der Waals surface area contributed by atoms with Gasteiger partial charge in [-0.25, -0.2) is 0 Å². The van der Waals surface area contributed by atoms with Gasteiger partial charge in [0.15, 0.2) is 0 Å². The van der Waals surface area contributed by atoms with Gasteiger partial charge in [-0.3, -0.25) is 4.79 Å². The number of nitrogens with two attached hydrogens (primary N) is 1. The van der Waals surface area contributed by atoms with Crippen LogP contribution in [0.2, 0.25) is 0 Å². The van der Waals surface area contributed by atoms with Gasteiger partial charge in [-0.05, 0) is 44.2 Å². The number of nitrogens with one attached hydrogen (secondary N) is 1. The maximum Gasteiger partial charge on any atom is 0.251 e. The Hall–Kier alpha value is -1.06. The van der Waals surface area contributed by atoms with E-state index in [1.54, 1.807) is 0 Å². The van der Waals surface area contributed by atoms with Gasteiger partial charge in [-0.2, -0.15) is 0 Å². The Bertz CT molecular complexity index is 422. The molecule has 2 atom stereocenters. The molecule has 0 radical (unpaired) electrons. The summed E-state index contributed by atoms with van der Waals surface area (Å²) in [6, 6.07) is 8.01. The Balaban J connectivity index is 0.00000180. The molecule has 2 rings (SSSR count). The summed E-state index contributed by atoms with van der Waals surface area (Å²) in [5, 5.41) is 3.02. The van der Waals surface area contributed by atoms with E-state index in [1.165, 1.54) is 12.8 Å². The van der Waals surface area contributed by atoms with Crippen LogP contribution >= 0.6 is 12.4 Å². The zero-order valence-electron chi connectivity index (χ0n) is 11.4. The molecule has 3 N–H and O–H groups in total. The summed E-state index contributed by atoms with van der Waals surface area (Å²) >= 11 is 0. The summed E-state index contributed by atoms with van der Waals surface area (Å²) < 4.78 is 0. The molecule has 0 bridgehead atoms. The topological polar surface area (TPSA) is 55.1 Å². The van der Waals surface area contributed by atoms with Crippen LogP contribution in [0.25, 0.3) is 0 Å². The number of halogens is 1. The fourth-order valence-electron chi connectivity index (χ4n) is 2.64. The van der Waals surface area contributed by atoms with Crippen LogP contribution in [-0.4, -0.2) is 18.5 Å². The van der Waals surface area contributed by atoms with Crippen molar-refractivity contribution in [3.05, 3.63) is 35.4 Å². The Kier molecular flexibility index (Phi) is 6.32. The van der Waals surface area contributed by atoms with E-state index >= 15 is 0 Å². The highest BCUT2D eigenvalue weighted by Gasteiger charge is 2.19. The first-order valence-corrected chi connectivity index (χ1v) is 6.75. The van der Waals surface area contributed by atoms with Crippen LogP contribution in [0, 0.1) is 12.8 Å². The molecule has 19 heavy (non-hydrogen) atoms. The van der Waals surface area contributed by atoms with Crippen LogP contribution in [-0.2, 0) is 0 Å². The number of hydrogen-bond donors (Lipinski definition) is 2. The second-order valence-electron chi connectivity index (χ2n) is 5.37. The SMILES string of the molecule is Cc1cccc(C(=O)NCC2CCCC(N)C2)c1.Cl. The fraction of sp³-hybridized carbons (Fsp3) is 0.533. The van der Waals surface area contributed by atoms with Gasteiger partial charge < -0.3 is 11.1 Å². The Morgan fingerprint density at radius 3 is 2.89 bits per heavy atom. The summed E-state index contributed by atoms with van der Waals surface area (Å²) in [6.45, 7) is 2.75. The van der Waals surface area contributed by atoms with Gasteiger partial charge in [-0.1, -0.05) is 24.1 Å². The van der Waals surface area contributed by atoms with Crippen LogP contribution in [0.4, 0.5) is 0 Å². The number of hydrogen-bond acceptors (Lipinski definition) is 2. The van der Waals surface area contributed by atoms with Crippen LogP contribution < -0.4 is 11.1 Å². The van der Waals surface area contributed by atoms with Crippen molar-refractivity contribution in [1.29, 1.82) is 0 Å². The summed E-state index contributed by atoms with van der Waals surface area (Å²) in [4.78, 5) is 12.0. The van der Waals surface area contributed by atoms with E-state index in [2.05, 4.69) is 5.32 Å². The predicted octanol–water partition coefficient (Wildman–Crippen LogP) is 2.66. The van der Waals surface area contributed by atoms with Gasteiger partial charge >= 0.3 is 0 Å². The zero-order chi connectivity index (χ0) is 13.0. The Labute approximate surface area is 121 Å². The van der Waals surface area contributed by atoms with Crippen molar-refractivity contribution in [3.63, 3.8) is 0 Å². The number of aryl methyl sites for hydroxylation is 1. The molecule has 1 aromatic carbocycles. The van der Waals surface area contributed by atoms with Gasteiger partial charge in [0.2, 0.25) is 0 Å². The van der Waals surface area contributed by atoms with Crippen molar-refractivity contribution in [2.45, 2.75) is 38.6 Å². The number of rotatable bonds is 3. The van der Waals surface area contributed by atoms with E-state index in [0.717, 1.165) is 30.5 Å². The van der Waals surface area contributed by atoms with Crippen molar-refractivity contribution in [3.8, 4) is 0 Å². The molecule has 106 valence electrons. The number of benzene rings is 1. The highest BCUT2D eigenvalue weighted by atomic mass is 35.5. The number of carbonyl (C=O) groups is 1. The van der Waals surface area contributed by atoms with Crippen LogP contribution in [0.15, 0.2) is 24.3 Å². The van der Waals surface area contributed by atoms with Crippen LogP contribution in [0.1, 0.15) is 41.6 Å². The third-order valence-electron chi connectivity index (χ3n) is 3.65. The van der Waals surface area contributed by atoms with Crippen molar-refractivity contribution >= 4 is 18.3 Å². The summed E-state index contributed by atoms with van der Waals surface area (Å²) in [7, 11) is 0. The van der Waals surface area contributed by atoms with E-state index in [-0.39, 0.29) is 18.3 Å². The average Bonchev–Trinajstić information content (AvgIpc) is 2.36. The molecule has 0 aliphatic heterocycles. The summed E-state index contributed by atoms with van der Waals surface area (Å²) in [5.74, 6) is 0.570. The highest BCUT2D eigenvalue weighted by molar-refractivity contribution is 5.94. The quantitative estimate of drug-likeness (QED) is 0.895. The van der Waals surface area contributed by atoms with E-state index in [1.807, 2.05) is 31.2 Å². The third kappa shape index (κ3) is 4.84. The maximum atomic E-state index is 12.0. The van der Waals surface area contributed by atoms with Gasteiger partial charge in [0.05, 0.1) is 0 Å². The molecule has 1 fully saturated rings. The second-order valence-corrected chi connectivity index (χ2v) is 5.37. The molecule has 4 heteroatoms. The minimum Gasteiger partial charge on any atom is -0.352 e. The molecule has 3 nitrogen and oxygen atoms in total. The molecule has 0 aromatic heterocycles. The summed E-state index contributed by atoms with van der Waals surface area (Å²) in [5.41, 5.74) is 7.81. The lowest BCUT2D eigenvalue weighted by molar-refractivity contribution is 0.0942. The first kappa shape index (κ1) is 16.0. The van der Waals surface area contributed by atoms with Crippen molar-refractivity contribution < 1.29 is 4.79 Å². The highest BCUT2D eigenvalue weighted by Crippen LogP contribution is 2.22. The molecule has 0 saturated heterocycles. The van der Waals surface area contributed by atoms with Crippen LogP contribution in [0.3, 0.4) is 0 Å². The van der Waals surface area contributed by atoms with E-state index in [4.69, 9.17) is 5.73 Å². The third-order valence-corrected chi connectivity index (χ3v) is 3.65. The lowest BCUT2D eigenvalue weighted by Gasteiger charge is -2.26. The van der Waals surface area contributed by atoms with E-state index in [0.29, 0.717) is 12.0 Å². The van der Waals surface area contributed by atoms with Crippen molar-refractivity contribution in [2.75, 3.05) is 6.54 Å². The normalized spacial score (nSPS) is 22.4. The monoisotopic (exact) mass is 282 g/mol. The zero-order valence-corrected chi connectivity index (χ0v) is 12.2. The first-order chi connectivity index (χ1) is 8.65. The van der Waals surface area contributed by atoms with E-state index in [9.17, 15) is 4.79 Å². The van der Waals surface area contributed by atoms with Crippen molar-refractivity contribution in [2.24, 2.45) is 11.7 Å². The molecule has 1 amide bonds. The van der Waals surface area contributed by atoms with Gasteiger partial charge in [0.25, 0.3) is 5.91 Å². The number of carbonyl (C=O) groups excluding carboxylic acids is 1. The van der Waals surface area contributed by atoms with Crippen LogP contribution in [0.5, 0.6) is 0 Å². The molecular formula is C15H23ClN2O. The maximum absolute atomic E-state index is 12.0. The Morgan fingerprint density at radius 1 is 1.42 bits per heavy atom. The minimum absolute atomic E-state index is 0. The second kappa shape index (κ2) is 7.51. The van der Waals surface area contributed by atoms with Gasteiger partial charge in [0, 0.05) is 18.2 Å².